The standard InChI is InChI=1S/C31H25F3N6O3S/c1-19(2)24-5-3-4-6-25(24)38-30-40(28(41)17-44-30)37-16-20-7-9-21(10-8-20)26-15-27(36-18-35-26)39-29(42)22-11-13-23(14-12-22)43-31(32,33)34/h3-16,18-19H,17H2,1-2H3,(H,35,36,39,42)/b37-16+,38-30?. The number of rotatable bonds is 8. The molecule has 0 spiro atoms. The molecule has 0 unspecified atom stereocenters. The highest BCUT2D eigenvalue weighted by atomic mass is 32.2. The number of nitrogens with one attached hydrogen (secondary N) is 1. The van der Waals surface area contributed by atoms with Crippen LogP contribution in [0.1, 0.15) is 41.3 Å². The normalized spacial score (nSPS) is 14.5. The van der Waals surface area contributed by atoms with E-state index in [9.17, 15) is 22.8 Å². The minimum absolute atomic E-state index is 0.121. The number of benzene rings is 3. The highest BCUT2D eigenvalue weighted by Crippen LogP contribution is 2.30. The van der Waals surface area contributed by atoms with Gasteiger partial charge >= 0.3 is 6.36 Å². The van der Waals surface area contributed by atoms with E-state index < -0.39 is 18.0 Å². The molecule has 13 heteroatoms. The topological polar surface area (TPSA) is 109 Å². The first kappa shape index (κ1) is 30.4. The third kappa shape index (κ3) is 7.67. The first-order valence-corrected chi connectivity index (χ1v) is 14.3. The Morgan fingerprint density at radius 1 is 1.05 bits per heavy atom. The molecule has 0 aliphatic carbocycles. The van der Waals surface area contributed by atoms with Gasteiger partial charge in [0.05, 0.1) is 23.3 Å². The third-order valence-electron chi connectivity index (χ3n) is 6.30. The lowest BCUT2D eigenvalue weighted by atomic mass is 10.0. The molecule has 0 radical (unpaired) electrons. The fourth-order valence-electron chi connectivity index (χ4n) is 4.17. The van der Waals surface area contributed by atoms with Gasteiger partial charge in [0.25, 0.3) is 11.8 Å². The highest BCUT2D eigenvalue weighted by molar-refractivity contribution is 8.15. The lowest BCUT2D eigenvalue weighted by Gasteiger charge is -2.12. The Labute approximate surface area is 254 Å². The predicted octanol–water partition coefficient (Wildman–Crippen LogP) is 7.01. The van der Waals surface area contributed by atoms with Crippen LogP contribution in [0.5, 0.6) is 5.75 Å². The lowest BCUT2D eigenvalue weighted by molar-refractivity contribution is -0.274. The number of ether oxygens (including phenoxy) is 1. The summed E-state index contributed by atoms with van der Waals surface area (Å²) < 4.78 is 41.0. The highest BCUT2D eigenvalue weighted by Gasteiger charge is 2.31. The zero-order valence-electron chi connectivity index (χ0n) is 23.4. The van der Waals surface area contributed by atoms with Crippen molar-refractivity contribution in [2.75, 3.05) is 11.1 Å². The first-order chi connectivity index (χ1) is 21.1. The van der Waals surface area contributed by atoms with Crippen LogP contribution in [0.4, 0.5) is 24.7 Å². The summed E-state index contributed by atoms with van der Waals surface area (Å²) in [6.45, 7) is 4.18. The van der Waals surface area contributed by atoms with Crippen LogP contribution in [0.3, 0.4) is 0 Å². The van der Waals surface area contributed by atoms with Crippen LogP contribution in [-0.2, 0) is 4.79 Å². The second-order valence-electron chi connectivity index (χ2n) is 9.78. The number of amides is 2. The molecule has 1 aliphatic heterocycles. The summed E-state index contributed by atoms with van der Waals surface area (Å²) in [4.78, 5) is 38.2. The van der Waals surface area contributed by atoms with Crippen molar-refractivity contribution in [2.24, 2.45) is 10.1 Å². The number of carbonyl (C=O) groups is 2. The van der Waals surface area contributed by atoms with Gasteiger partial charge in [-0.05, 0) is 47.4 Å². The van der Waals surface area contributed by atoms with Crippen LogP contribution in [0.25, 0.3) is 11.3 Å². The Balaban J connectivity index is 1.26. The molecule has 0 atom stereocenters. The van der Waals surface area contributed by atoms with Crippen molar-refractivity contribution in [1.29, 1.82) is 0 Å². The summed E-state index contributed by atoms with van der Waals surface area (Å²) in [6.07, 6.45) is -1.96. The number of aromatic nitrogens is 2. The van der Waals surface area contributed by atoms with Gasteiger partial charge in [0.2, 0.25) is 0 Å². The molecule has 224 valence electrons. The molecule has 2 heterocycles. The molecule has 1 fully saturated rings. The molecule has 0 bridgehead atoms. The van der Waals surface area contributed by atoms with Gasteiger partial charge in [-0.15, -0.1) is 13.2 Å². The van der Waals surface area contributed by atoms with Gasteiger partial charge in [-0.2, -0.15) is 10.1 Å². The van der Waals surface area contributed by atoms with Gasteiger partial charge in [-0.1, -0.05) is 68.1 Å². The van der Waals surface area contributed by atoms with E-state index in [1.165, 1.54) is 35.2 Å². The maximum absolute atomic E-state index is 12.6. The molecule has 1 aliphatic rings. The van der Waals surface area contributed by atoms with E-state index in [-0.39, 0.29) is 29.0 Å². The van der Waals surface area contributed by atoms with Crippen molar-refractivity contribution < 1.29 is 27.5 Å². The van der Waals surface area contributed by atoms with Crippen molar-refractivity contribution >= 4 is 46.5 Å². The van der Waals surface area contributed by atoms with E-state index in [1.54, 1.807) is 12.3 Å². The van der Waals surface area contributed by atoms with Crippen LogP contribution in [-0.4, -0.2) is 50.3 Å². The Kier molecular flexibility index (Phi) is 9.04. The van der Waals surface area contributed by atoms with Gasteiger partial charge in [0.15, 0.2) is 5.17 Å². The molecular formula is C31H25F3N6O3S. The van der Waals surface area contributed by atoms with Crippen molar-refractivity contribution in [3.05, 3.63) is 102 Å². The number of halogens is 3. The number of para-hydroxylation sites is 1. The van der Waals surface area contributed by atoms with E-state index >= 15 is 0 Å². The molecule has 4 aromatic rings. The number of hydrazone groups is 1. The third-order valence-corrected chi connectivity index (χ3v) is 7.22. The fraction of sp³-hybridized carbons (Fsp3) is 0.161. The maximum atomic E-state index is 12.6. The van der Waals surface area contributed by atoms with E-state index in [1.807, 2.05) is 48.5 Å². The SMILES string of the molecule is CC(C)c1ccccc1N=C1SCC(=O)N1/N=C/c1ccc(-c2cc(NC(=O)c3ccc(OC(F)(F)F)cc3)ncn2)cc1. The zero-order chi connectivity index (χ0) is 31.3. The first-order valence-electron chi connectivity index (χ1n) is 13.3. The molecule has 1 saturated heterocycles. The fourth-order valence-corrected chi connectivity index (χ4v) is 4.98. The number of amidine groups is 1. The molecule has 1 aromatic heterocycles. The van der Waals surface area contributed by atoms with E-state index in [0.717, 1.165) is 34.5 Å². The summed E-state index contributed by atoms with van der Waals surface area (Å²) in [5.41, 5.74) is 4.00. The Bertz CT molecular complexity index is 1730. The average molecular weight is 619 g/mol. The van der Waals surface area contributed by atoms with Crippen LogP contribution in [0, 0.1) is 0 Å². The number of alkyl halides is 3. The van der Waals surface area contributed by atoms with E-state index in [0.29, 0.717) is 10.9 Å². The summed E-state index contributed by atoms with van der Waals surface area (Å²) >= 11 is 1.34. The van der Waals surface area contributed by atoms with Crippen molar-refractivity contribution in [3.63, 3.8) is 0 Å². The Morgan fingerprint density at radius 3 is 2.48 bits per heavy atom. The van der Waals surface area contributed by atoms with E-state index in [2.05, 4.69) is 39.0 Å². The summed E-state index contributed by atoms with van der Waals surface area (Å²) in [6, 6.07) is 21.2. The van der Waals surface area contributed by atoms with Crippen LogP contribution < -0.4 is 10.1 Å². The van der Waals surface area contributed by atoms with Crippen molar-refractivity contribution in [2.45, 2.75) is 26.1 Å². The lowest BCUT2D eigenvalue weighted by Crippen LogP contribution is -2.23. The molecule has 44 heavy (non-hydrogen) atoms. The number of nitrogens with zero attached hydrogens (tertiary/aromatic N) is 5. The minimum Gasteiger partial charge on any atom is -0.406 e. The quantitative estimate of drug-likeness (QED) is 0.213. The number of aliphatic imine (C=N–C) groups is 1. The minimum atomic E-state index is -4.82. The van der Waals surface area contributed by atoms with Crippen molar-refractivity contribution in [1.82, 2.24) is 15.0 Å². The van der Waals surface area contributed by atoms with Gasteiger partial charge in [0.1, 0.15) is 17.9 Å². The molecule has 2 amide bonds. The summed E-state index contributed by atoms with van der Waals surface area (Å²) in [5, 5.41) is 8.83. The maximum Gasteiger partial charge on any atom is 0.573 e. The van der Waals surface area contributed by atoms with Gasteiger partial charge < -0.3 is 10.1 Å². The molecule has 5 rings (SSSR count). The smallest absolute Gasteiger partial charge is 0.406 e. The largest absolute Gasteiger partial charge is 0.573 e. The average Bonchev–Trinajstić information content (AvgIpc) is 3.34. The number of hydrogen-bond acceptors (Lipinski definition) is 8. The monoisotopic (exact) mass is 618 g/mol. The van der Waals surface area contributed by atoms with Gasteiger partial charge in [-0.25, -0.2) is 15.0 Å². The van der Waals surface area contributed by atoms with Gasteiger partial charge in [-0.3, -0.25) is 9.59 Å². The van der Waals surface area contributed by atoms with Crippen molar-refractivity contribution in [3.8, 4) is 17.0 Å². The molecular weight excluding hydrogens is 593 g/mol. The second-order valence-corrected chi connectivity index (χ2v) is 10.7. The second kappa shape index (κ2) is 13.1. The number of carbonyl (C=O) groups excluding carboxylic acids is 2. The number of hydrogen-bond donors (Lipinski definition) is 1. The number of thioether (sulfide) groups is 1. The zero-order valence-corrected chi connectivity index (χ0v) is 24.3. The Hall–Kier alpha value is -5.04. The van der Waals surface area contributed by atoms with Crippen LogP contribution in [0.15, 0.2) is 95.3 Å². The number of anilines is 1. The van der Waals surface area contributed by atoms with Crippen LogP contribution >= 0.6 is 11.8 Å². The Morgan fingerprint density at radius 2 is 1.77 bits per heavy atom. The summed E-state index contributed by atoms with van der Waals surface area (Å²) in [7, 11) is 0. The predicted molar refractivity (Wildman–Crippen MR) is 163 cm³/mol. The molecule has 9 nitrogen and oxygen atoms in total. The summed E-state index contributed by atoms with van der Waals surface area (Å²) in [5.74, 6) is -0.424. The molecule has 1 N–H and O–H groups in total. The van der Waals surface area contributed by atoms with Gasteiger partial charge in [0, 0.05) is 17.2 Å². The van der Waals surface area contributed by atoms with Crippen LogP contribution in [0.2, 0.25) is 0 Å². The molecule has 0 saturated carbocycles. The molecule has 3 aromatic carbocycles. The van der Waals surface area contributed by atoms with E-state index in [4.69, 9.17) is 4.99 Å².